The number of anilines is 1. The van der Waals surface area contributed by atoms with Gasteiger partial charge in [0, 0.05) is 12.8 Å². The van der Waals surface area contributed by atoms with E-state index in [0.29, 0.717) is 17.7 Å². The molecule has 0 fully saturated rings. The van der Waals surface area contributed by atoms with Gasteiger partial charge in [-0.1, -0.05) is 31.2 Å². The third-order valence-electron chi connectivity index (χ3n) is 4.77. The monoisotopic (exact) mass is 394 g/mol. The number of carbonyl (C=O) groups is 2. The van der Waals surface area contributed by atoms with Crippen LogP contribution < -0.4 is 10.1 Å². The summed E-state index contributed by atoms with van der Waals surface area (Å²) in [5.41, 5.74) is 3.26. The molecule has 0 radical (unpaired) electrons. The number of methoxy groups -OCH3 is 1. The molecule has 0 aromatic heterocycles. The number of hydrogen-bond donors (Lipinski definition) is 1. The van der Waals surface area contributed by atoms with Crippen LogP contribution in [0.2, 0.25) is 0 Å². The standard InChI is InChI=1S/C23H26N2O4/c1-4-16-6-10-18(11-7-16)24-21-20(17-8-12-19(13-9-17)29-5-2)22(26)25(23(21)27)14-15-28-3/h6-13,24H,4-5,14-15H2,1-3H3. The summed E-state index contributed by atoms with van der Waals surface area (Å²) in [6.07, 6.45) is 0.933. The van der Waals surface area contributed by atoms with Gasteiger partial charge in [-0.05, 0) is 48.7 Å². The fourth-order valence-electron chi connectivity index (χ4n) is 3.20. The van der Waals surface area contributed by atoms with Crippen LogP contribution in [0.5, 0.6) is 5.75 Å². The van der Waals surface area contributed by atoms with Crippen molar-refractivity contribution in [1.29, 1.82) is 0 Å². The van der Waals surface area contributed by atoms with E-state index < -0.39 is 0 Å². The van der Waals surface area contributed by atoms with Crippen molar-refractivity contribution in [1.82, 2.24) is 4.90 Å². The first-order valence-electron chi connectivity index (χ1n) is 9.77. The highest BCUT2D eigenvalue weighted by Crippen LogP contribution is 2.31. The fraction of sp³-hybridized carbons (Fsp3) is 0.304. The summed E-state index contributed by atoms with van der Waals surface area (Å²) in [6, 6.07) is 15.0. The van der Waals surface area contributed by atoms with E-state index in [4.69, 9.17) is 9.47 Å². The maximum atomic E-state index is 13.1. The van der Waals surface area contributed by atoms with E-state index in [1.54, 1.807) is 31.4 Å². The Bertz CT molecular complexity index is 901. The van der Waals surface area contributed by atoms with Gasteiger partial charge in [-0.25, -0.2) is 0 Å². The maximum Gasteiger partial charge on any atom is 0.278 e. The zero-order valence-electron chi connectivity index (χ0n) is 17.0. The third-order valence-corrected chi connectivity index (χ3v) is 4.77. The molecule has 0 bridgehead atoms. The van der Waals surface area contributed by atoms with Crippen molar-refractivity contribution < 1.29 is 19.1 Å². The van der Waals surface area contributed by atoms with Gasteiger partial charge in [0.15, 0.2) is 0 Å². The van der Waals surface area contributed by atoms with Crippen LogP contribution in [0.4, 0.5) is 5.69 Å². The topological polar surface area (TPSA) is 67.9 Å². The van der Waals surface area contributed by atoms with Crippen molar-refractivity contribution in [3.63, 3.8) is 0 Å². The highest BCUT2D eigenvalue weighted by atomic mass is 16.5. The minimum Gasteiger partial charge on any atom is -0.494 e. The predicted octanol–water partition coefficient (Wildman–Crippen LogP) is 3.49. The number of aryl methyl sites for hydroxylation is 1. The fourth-order valence-corrected chi connectivity index (χ4v) is 3.20. The molecule has 2 amide bonds. The van der Waals surface area contributed by atoms with Crippen LogP contribution >= 0.6 is 0 Å². The smallest absolute Gasteiger partial charge is 0.278 e. The van der Waals surface area contributed by atoms with Gasteiger partial charge >= 0.3 is 0 Å². The Kier molecular flexibility index (Phi) is 6.67. The molecule has 152 valence electrons. The second-order valence-corrected chi connectivity index (χ2v) is 6.64. The molecule has 6 nitrogen and oxygen atoms in total. The second-order valence-electron chi connectivity index (χ2n) is 6.64. The summed E-state index contributed by atoms with van der Waals surface area (Å²) in [5, 5.41) is 3.16. The molecule has 0 saturated heterocycles. The Hall–Kier alpha value is -3.12. The first-order chi connectivity index (χ1) is 14.1. The Balaban J connectivity index is 1.97. The number of carbonyl (C=O) groups excluding carboxylic acids is 2. The summed E-state index contributed by atoms with van der Waals surface area (Å²) in [7, 11) is 1.54. The van der Waals surface area contributed by atoms with Crippen LogP contribution in [-0.4, -0.2) is 43.6 Å². The second kappa shape index (κ2) is 9.39. The predicted molar refractivity (Wildman–Crippen MR) is 113 cm³/mol. The molecule has 0 saturated carbocycles. The Morgan fingerprint density at radius 2 is 1.62 bits per heavy atom. The molecule has 29 heavy (non-hydrogen) atoms. The number of rotatable bonds is 9. The van der Waals surface area contributed by atoms with Crippen LogP contribution in [0, 0.1) is 0 Å². The van der Waals surface area contributed by atoms with E-state index in [-0.39, 0.29) is 30.7 Å². The lowest BCUT2D eigenvalue weighted by Crippen LogP contribution is -2.35. The quantitative estimate of drug-likeness (QED) is 0.660. The van der Waals surface area contributed by atoms with Gasteiger partial charge in [-0.2, -0.15) is 0 Å². The molecule has 1 heterocycles. The molecular weight excluding hydrogens is 368 g/mol. The van der Waals surface area contributed by atoms with Gasteiger partial charge in [0.25, 0.3) is 11.8 Å². The summed E-state index contributed by atoms with van der Waals surface area (Å²) < 4.78 is 10.5. The molecule has 1 aliphatic rings. The van der Waals surface area contributed by atoms with E-state index in [0.717, 1.165) is 17.9 Å². The minimum absolute atomic E-state index is 0.203. The minimum atomic E-state index is -0.351. The summed E-state index contributed by atoms with van der Waals surface area (Å²) >= 11 is 0. The van der Waals surface area contributed by atoms with E-state index in [1.807, 2.05) is 31.2 Å². The lowest BCUT2D eigenvalue weighted by atomic mass is 10.0. The Morgan fingerprint density at radius 1 is 0.931 bits per heavy atom. The van der Waals surface area contributed by atoms with E-state index in [1.165, 1.54) is 10.5 Å². The molecule has 2 aromatic rings. The van der Waals surface area contributed by atoms with E-state index in [2.05, 4.69) is 12.2 Å². The van der Waals surface area contributed by atoms with Crippen molar-refractivity contribution in [3.05, 3.63) is 65.4 Å². The molecule has 0 unspecified atom stereocenters. The van der Waals surface area contributed by atoms with Gasteiger partial charge < -0.3 is 14.8 Å². The van der Waals surface area contributed by atoms with Gasteiger partial charge in [0.1, 0.15) is 11.4 Å². The van der Waals surface area contributed by atoms with E-state index >= 15 is 0 Å². The van der Waals surface area contributed by atoms with Gasteiger partial charge in [0.05, 0.1) is 25.3 Å². The van der Waals surface area contributed by atoms with Gasteiger partial charge in [0.2, 0.25) is 0 Å². The Labute approximate surface area is 171 Å². The number of imide groups is 1. The van der Waals surface area contributed by atoms with Crippen molar-refractivity contribution in [2.45, 2.75) is 20.3 Å². The number of nitrogens with zero attached hydrogens (tertiary/aromatic N) is 1. The van der Waals surface area contributed by atoms with Crippen molar-refractivity contribution in [2.24, 2.45) is 0 Å². The number of nitrogens with one attached hydrogen (secondary N) is 1. The first-order valence-corrected chi connectivity index (χ1v) is 9.77. The molecule has 3 rings (SSSR count). The summed E-state index contributed by atoms with van der Waals surface area (Å²) in [4.78, 5) is 27.3. The molecule has 0 atom stereocenters. The van der Waals surface area contributed by atoms with Crippen LogP contribution in [0.25, 0.3) is 5.57 Å². The number of hydrogen-bond acceptors (Lipinski definition) is 5. The van der Waals surface area contributed by atoms with Crippen LogP contribution in [0.15, 0.2) is 54.2 Å². The first kappa shape index (κ1) is 20.6. The average Bonchev–Trinajstić information content (AvgIpc) is 2.97. The number of amides is 2. The molecule has 0 spiro atoms. The maximum absolute atomic E-state index is 13.1. The van der Waals surface area contributed by atoms with Crippen LogP contribution in [-0.2, 0) is 20.7 Å². The number of ether oxygens (including phenoxy) is 2. The molecular formula is C23H26N2O4. The lowest BCUT2D eigenvalue weighted by molar-refractivity contribution is -0.137. The highest BCUT2D eigenvalue weighted by Gasteiger charge is 2.38. The molecule has 0 aliphatic carbocycles. The van der Waals surface area contributed by atoms with Gasteiger partial charge in [-0.3, -0.25) is 14.5 Å². The number of benzene rings is 2. The zero-order chi connectivity index (χ0) is 20.8. The average molecular weight is 394 g/mol. The van der Waals surface area contributed by atoms with Crippen molar-refractivity contribution in [3.8, 4) is 5.75 Å². The normalized spacial score (nSPS) is 14.0. The highest BCUT2D eigenvalue weighted by molar-refractivity contribution is 6.36. The Morgan fingerprint density at radius 3 is 2.21 bits per heavy atom. The molecule has 1 N–H and O–H groups in total. The van der Waals surface area contributed by atoms with Crippen LogP contribution in [0.3, 0.4) is 0 Å². The van der Waals surface area contributed by atoms with E-state index in [9.17, 15) is 9.59 Å². The lowest BCUT2D eigenvalue weighted by Gasteiger charge is -2.14. The molecule has 1 aliphatic heterocycles. The summed E-state index contributed by atoms with van der Waals surface area (Å²) in [6.45, 7) is 5.04. The SMILES string of the molecule is CCOc1ccc(C2=C(Nc3ccc(CC)cc3)C(=O)N(CCOC)C2=O)cc1. The largest absolute Gasteiger partial charge is 0.494 e. The molecule has 6 heteroatoms. The van der Waals surface area contributed by atoms with Crippen molar-refractivity contribution >= 4 is 23.1 Å². The van der Waals surface area contributed by atoms with Crippen LogP contribution in [0.1, 0.15) is 25.0 Å². The zero-order valence-corrected chi connectivity index (χ0v) is 17.0. The van der Waals surface area contributed by atoms with Gasteiger partial charge in [-0.15, -0.1) is 0 Å². The third kappa shape index (κ3) is 4.49. The molecule has 2 aromatic carbocycles. The summed E-state index contributed by atoms with van der Waals surface area (Å²) in [5.74, 6) is 0.0360. The van der Waals surface area contributed by atoms with Crippen molar-refractivity contribution in [2.75, 3.05) is 32.2 Å².